The minimum Gasteiger partial charge on any atom is -0.384 e. The summed E-state index contributed by atoms with van der Waals surface area (Å²) in [5, 5.41) is 15.8. The van der Waals surface area contributed by atoms with Crippen molar-refractivity contribution in [1.82, 2.24) is 24.3 Å². The minimum atomic E-state index is -0.307. The number of hydrogen-bond donors (Lipinski definition) is 2. The third-order valence-electron chi connectivity index (χ3n) is 5.84. The van der Waals surface area contributed by atoms with Crippen LogP contribution in [0.3, 0.4) is 0 Å². The first-order valence-corrected chi connectivity index (χ1v) is 10.8. The van der Waals surface area contributed by atoms with Gasteiger partial charge in [-0.15, -0.1) is 0 Å². The Bertz CT molecular complexity index is 1690. The SMILES string of the molecule is Cc1ccccc1-n1c(Cn2nc(C#CCO)c3c(N)ncnc32)cc2cccc(C)c2c1=O. The van der Waals surface area contributed by atoms with Crippen molar-refractivity contribution in [3.8, 4) is 17.5 Å². The molecule has 0 amide bonds. The zero-order valence-electron chi connectivity index (χ0n) is 18.8. The topological polar surface area (TPSA) is 112 Å². The molecule has 0 aliphatic heterocycles. The number of nitrogen functional groups attached to an aromatic ring is 1. The highest BCUT2D eigenvalue weighted by atomic mass is 16.2. The summed E-state index contributed by atoms with van der Waals surface area (Å²) in [6, 6.07) is 15.6. The molecule has 8 heteroatoms. The summed E-state index contributed by atoms with van der Waals surface area (Å²) in [6.45, 7) is 3.87. The molecule has 5 aromatic rings. The van der Waals surface area contributed by atoms with E-state index in [1.807, 2.05) is 62.4 Å². The zero-order valence-corrected chi connectivity index (χ0v) is 18.8. The van der Waals surface area contributed by atoms with Crippen LogP contribution in [0.15, 0.2) is 59.7 Å². The average molecular weight is 451 g/mol. The maximum atomic E-state index is 13.8. The van der Waals surface area contributed by atoms with Gasteiger partial charge in [-0.25, -0.2) is 14.6 Å². The first-order valence-electron chi connectivity index (χ1n) is 10.8. The Morgan fingerprint density at radius 3 is 2.62 bits per heavy atom. The number of nitrogens with zero attached hydrogens (tertiary/aromatic N) is 5. The van der Waals surface area contributed by atoms with Crippen LogP contribution in [0.25, 0.3) is 27.5 Å². The number of fused-ring (bicyclic) bond motifs is 2. The highest BCUT2D eigenvalue weighted by Gasteiger charge is 2.18. The first-order chi connectivity index (χ1) is 16.5. The zero-order chi connectivity index (χ0) is 23.8. The third kappa shape index (κ3) is 3.49. The molecule has 34 heavy (non-hydrogen) atoms. The maximum absolute atomic E-state index is 13.8. The van der Waals surface area contributed by atoms with Gasteiger partial charge in [0.1, 0.15) is 24.4 Å². The Kier molecular flexibility index (Phi) is 5.32. The van der Waals surface area contributed by atoms with Gasteiger partial charge < -0.3 is 10.8 Å². The van der Waals surface area contributed by atoms with Gasteiger partial charge in [0.25, 0.3) is 5.56 Å². The molecule has 8 nitrogen and oxygen atoms in total. The number of aliphatic hydroxyl groups excluding tert-OH is 1. The number of aryl methyl sites for hydroxylation is 2. The number of hydrogen-bond acceptors (Lipinski definition) is 6. The summed E-state index contributed by atoms with van der Waals surface area (Å²) >= 11 is 0. The number of aliphatic hydroxyl groups is 1. The van der Waals surface area contributed by atoms with Gasteiger partial charge in [-0.2, -0.15) is 5.10 Å². The van der Waals surface area contributed by atoms with Gasteiger partial charge in [0.2, 0.25) is 0 Å². The van der Waals surface area contributed by atoms with Crippen LogP contribution >= 0.6 is 0 Å². The average Bonchev–Trinajstić information content (AvgIpc) is 3.17. The first kappa shape index (κ1) is 21.4. The van der Waals surface area contributed by atoms with E-state index in [9.17, 15) is 4.79 Å². The van der Waals surface area contributed by atoms with Crippen LogP contribution in [-0.4, -0.2) is 36.0 Å². The number of anilines is 1. The molecule has 0 bridgehead atoms. The Hall–Kier alpha value is -4.48. The number of para-hydroxylation sites is 1. The minimum absolute atomic E-state index is 0.0919. The van der Waals surface area contributed by atoms with E-state index in [2.05, 4.69) is 26.9 Å². The summed E-state index contributed by atoms with van der Waals surface area (Å²) in [5.41, 5.74) is 10.3. The number of pyridine rings is 1. The smallest absolute Gasteiger partial charge is 0.263 e. The third-order valence-corrected chi connectivity index (χ3v) is 5.84. The Morgan fingerprint density at radius 2 is 1.82 bits per heavy atom. The molecule has 0 aliphatic carbocycles. The van der Waals surface area contributed by atoms with E-state index in [0.717, 1.165) is 27.9 Å². The van der Waals surface area contributed by atoms with Gasteiger partial charge in [0, 0.05) is 5.69 Å². The normalized spacial score (nSPS) is 11.0. The summed E-state index contributed by atoms with van der Waals surface area (Å²) in [4.78, 5) is 22.3. The molecule has 5 rings (SSSR count). The van der Waals surface area contributed by atoms with Crippen LogP contribution in [0, 0.1) is 25.7 Å². The van der Waals surface area contributed by atoms with Crippen LogP contribution in [0.4, 0.5) is 5.82 Å². The van der Waals surface area contributed by atoms with Crippen molar-refractivity contribution in [2.45, 2.75) is 20.4 Å². The van der Waals surface area contributed by atoms with E-state index in [4.69, 9.17) is 10.8 Å². The lowest BCUT2D eigenvalue weighted by Crippen LogP contribution is -2.25. The molecule has 0 saturated carbocycles. The van der Waals surface area contributed by atoms with Crippen molar-refractivity contribution in [3.05, 3.63) is 87.7 Å². The second-order valence-electron chi connectivity index (χ2n) is 8.03. The lowest BCUT2D eigenvalue weighted by molar-refractivity contribution is 0.350. The second kappa shape index (κ2) is 8.46. The molecular formula is C26H22N6O2. The monoisotopic (exact) mass is 450 g/mol. The van der Waals surface area contributed by atoms with Gasteiger partial charge in [0.05, 0.1) is 23.0 Å². The van der Waals surface area contributed by atoms with E-state index in [-0.39, 0.29) is 24.5 Å². The molecular weight excluding hydrogens is 428 g/mol. The molecule has 0 saturated heterocycles. The highest BCUT2D eigenvalue weighted by molar-refractivity contribution is 5.90. The Labute approximate surface area is 195 Å². The van der Waals surface area contributed by atoms with Crippen molar-refractivity contribution in [2.75, 3.05) is 12.3 Å². The van der Waals surface area contributed by atoms with E-state index >= 15 is 0 Å². The standard InChI is InChI=1S/C26H22N6O2/c1-16-7-3-4-11-21(16)32-19(13-18-9-5-8-17(2)22(18)26(32)34)14-31-25-23(24(27)28-15-29-25)20(30-31)10-6-12-33/h3-5,7-9,11,13,15,33H,12,14H2,1-2H3,(H2,27,28,29). The number of rotatable bonds is 3. The van der Waals surface area contributed by atoms with Crippen molar-refractivity contribution in [2.24, 2.45) is 0 Å². The van der Waals surface area contributed by atoms with Crippen LogP contribution in [0.5, 0.6) is 0 Å². The summed E-state index contributed by atoms with van der Waals surface area (Å²) in [7, 11) is 0. The van der Waals surface area contributed by atoms with Crippen molar-refractivity contribution in [1.29, 1.82) is 0 Å². The van der Waals surface area contributed by atoms with E-state index < -0.39 is 0 Å². The molecule has 0 radical (unpaired) electrons. The molecule has 168 valence electrons. The highest BCUT2D eigenvalue weighted by Crippen LogP contribution is 2.24. The number of aromatic nitrogens is 5. The lowest BCUT2D eigenvalue weighted by atomic mass is 10.1. The second-order valence-corrected chi connectivity index (χ2v) is 8.03. The van der Waals surface area contributed by atoms with E-state index in [1.165, 1.54) is 6.33 Å². The van der Waals surface area contributed by atoms with Gasteiger partial charge in [-0.05, 0) is 48.4 Å². The molecule has 0 atom stereocenters. The molecule has 0 spiro atoms. The van der Waals surface area contributed by atoms with Gasteiger partial charge in [0.15, 0.2) is 5.65 Å². The Morgan fingerprint density at radius 1 is 1.03 bits per heavy atom. The fraction of sp³-hybridized carbons (Fsp3) is 0.154. The molecule has 2 aromatic carbocycles. The number of nitrogens with two attached hydrogens (primary N) is 1. The molecule has 0 fully saturated rings. The summed E-state index contributed by atoms with van der Waals surface area (Å²) in [6.07, 6.45) is 1.37. The van der Waals surface area contributed by atoms with Gasteiger partial charge in [-0.1, -0.05) is 42.3 Å². The van der Waals surface area contributed by atoms with Crippen LogP contribution in [0.1, 0.15) is 22.5 Å². The molecule has 3 aromatic heterocycles. The molecule has 0 unspecified atom stereocenters. The molecule has 3 heterocycles. The fourth-order valence-electron chi connectivity index (χ4n) is 4.29. The van der Waals surface area contributed by atoms with Crippen molar-refractivity contribution >= 4 is 27.6 Å². The van der Waals surface area contributed by atoms with E-state index in [0.29, 0.717) is 22.1 Å². The van der Waals surface area contributed by atoms with Gasteiger partial charge >= 0.3 is 0 Å². The van der Waals surface area contributed by atoms with Crippen molar-refractivity contribution < 1.29 is 5.11 Å². The summed E-state index contributed by atoms with van der Waals surface area (Å²) < 4.78 is 3.40. The predicted molar refractivity (Wildman–Crippen MR) is 132 cm³/mol. The van der Waals surface area contributed by atoms with E-state index in [1.54, 1.807) is 9.25 Å². The molecule has 0 aliphatic rings. The maximum Gasteiger partial charge on any atom is 0.263 e. The van der Waals surface area contributed by atoms with Crippen LogP contribution in [0.2, 0.25) is 0 Å². The Balaban J connectivity index is 1.80. The lowest BCUT2D eigenvalue weighted by Gasteiger charge is -2.17. The van der Waals surface area contributed by atoms with Gasteiger partial charge in [-0.3, -0.25) is 9.36 Å². The molecule has 3 N–H and O–H groups in total. The summed E-state index contributed by atoms with van der Waals surface area (Å²) in [5.74, 6) is 5.69. The van der Waals surface area contributed by atoms with Crippen LogP contribution < -0.4 is 11.3 Å². The number of benzene rings is 2. The largest absolute Gasteiger partial charge is 0.384 e. The fourth-order valence-corrected chi connectivity index (χ4v) is 4.29. The van der Waals surface area contributed by atoms with Crippen LogP contribution in [-0.2, 0) is 6.54 Å². The predicted octanol–water partition coefficient (Wildman–Crippen LogP) is 2.72. The van der Waals surface area contributed by atoms with Crippen molar-refractivity contribution in [3.63, 3.8) is 0 Å². The quantitative estimate of drug-likeness (QED) is 0.409.